The molecule has 0 atom stereocenters. The van der Waals surface area contributed by atoms with Gasteiger partial charge in [-0.15, -0.1) is 0 Å². The lowest BCUT2D eigenvalue weighted by Crippen LogP contribution is -1.98. The Kier molecular flexibility index (Phi) is 3.26. The van der Waals surface area contributed by atoms with Gasteiger partial charge in [-0.2, -0.15) is 0 Å². The van der Waals surface area contributed by atoms with Gasteiger partial charge in [-0.3, -0.25) is 4.99 Å². The molecule has 0 aromatic heterocycles. The van der Waals surface area contributed by atoms with Crippen LogP contribution in [0.2, 0.25) is 0 Å². The molecular formula is C11H14N2. The van der Waals surface area contributed by atoms with Gasteiger partial charge in [0, 0.05) is 11.9 Å². The SMILES string of the molecule is C=C(N)CN=Cc1ccccc1C. The molecule has 2 heteroatoms. The van der Waals surface area contributed by atoms with Crippen LogP contribution in [0, 0.1) is 6.92 Å². The molecule has 0 bridgehead atoms. The third-order valence-electron chi connectivity index (χ3n) is 1.71. The lowest BCUT2D eigenvalue weighted by Gasteiger charge is -1.97. The predicted molar refractivity (Wildman–Crippen MR) is 57.0 cm³/mol. The molecule has 0 aliphatic heterocycles. The van der Waals surface area contributed by atoms with Gasteiger partial charge in [0.2, 0.25) is 0 Å². The Balaban J connectivity index is 2.68. The van der Waals surface area contributed by atoms with E-state index in [1.807, 2.05) is 24.4 Å². The van der Waals surface area contributed by atoms with Crippen LogP contribution in [0.15, 0.2) is 41.5 Å². The van der Waals surface area contributed by atoms with Crippen LogP contribution < -0.4 is 5.73 Å². The number of aryl methyl sites for hydroxylation is 1. The van der Waals surface area contributed by atoms with Gasteiger partial charge in [0.15, 0.2) is 0 Å². The van der Waals surface area contributed by atoms with Gasteiger partial charge in [0.05, 0.1) is 6.54 Å². The number of nitrogens with zero attached hydrogens (tertiary/aromatic N) is 1. The maximum absolute atomic E-state index is 5.39. The maximum atomic E-state index is 5.39. The molecule has 0 fully saturated rings. The highest BCUT2D eigenvalue weighted by atomic mass is 14.8. The fourth-order valence-corrected chi connectivity index (χ4v) is 0.993. The summed E-state index contributed by atoms with van der Waals surface area (Å²) >= 11 is 0. The van der Waals surface area contributed by atoms with E-state index in [4.69, 9.17) is 5.73 Å². The number of rotatable bonds is 3. The molecule has 2 N–H and O–H groups in total. The normalized spacial score (nSPS) is 10.5. The molecule has 0 amide bonds. The average molecular weight is 174 g/mol. The number of hydrogen-bond acceptors (Lipinski definition) is 2. The van der Waals surface area contributed by atoms with Gasteiger partial charge in [0.25, 0.3) is 0 Å². The molecule has 0 saturated heterocycles. The molecule has 68 valence electrons. The number of hydrogen-bond donors (Lipinski definition) is 1. The van der Waals surface area contributed by atoms with Crippen LogP contribution in [0.5, 0.6) is 0 Å². The van der Waals surface area contributed by atoms with Crippen molar-refractivity contribution in [2.75, 3.05) is 6.54 Å². The smallest absolute Gasteiger partial charge is 0.0778 e. The molecular weight excluding hydrogens is 160 g/mol. The van der Waals surface area contributed by atoms with Crippen molar-refractivity contribution in [3.05, 3.63) is 47.7 Å². The predicted octanol–water partition coefficient (Wildman–Crippen LogP) is 1.89. The molecule has 0 heterocycles. The topological polar surface area (TPSA) is 38.4 Å². The van der Waals surface area contributed by atoms with Crippen molar-refractivity contribution in [1.29, 1.82) is 0 Å². The zero-order chi connectivity index (χ0) is 9.68. The summed E-state index contributed by atoms with van der Waals surface area (Å²) in [6, 6.07) is 8.08. The molecule has 0 radical (unpaired) electrons. The largest absolute Gasteiger partial charge is 0.401 e. The molecule has 0 unspecified atom stereocenters. The fourth-order valence-electron chi connectivity index (χ4n) is 0.993. The summed E-state index contributed by atoms with van der Waals surface area (Å²) < 4.78 is 0. The highest BCUT2D eigenvalue weighted by Gasteiger charge is 1.90. The zero-order valence-electron chi connectivity index (χ0n) is 7.83. The second-order valence-electron chi connectivity index (χ2n) is 2.98. The van der Waals surface area contributed by atoms with E-state index in [2.05, 4.69) is 24.6 Å². The standard InChI is InChI=1S/C11H14N2/c1-9-5-3-4-6-11(9)8-13-7-10(2)12/h3-6,8H,2,7,12H2,1H3. The van der Waals surface area contributed by atoms with E-state index < -0.39 is 0 Å². The minimum atomic E-state index is 0.494. The second-order valence-corrected chi connectivity index (χ2v) is 2.98. The van der Waals surface area contributed by atoms with Crippen molar-refractivity contribution < 1.29 is 0 Å². The molecule has 0 saturated carbocycles. The van der Waals surface area contributed by atoms with Crippen molar-refractivity contribution >= 4 is 6.21 Å². The maximum Gasteiger partial charge on any atom is 0.0778 e. The Bertz CT molecular complexity index is 327. The van der Waals surface area contributed by atoms with Gasteiger partial charge < -0.3 is 5.73 Å². The third kappa shape index (κ3) is 3.11. The summed E-state index contributed by atoms with van der Waals surface area (Å²) in [6.07, 6.45) is 1.83. The number of benzene rings is 1. The average Bonchev–Trinajstić information content (AvgIpc) is 2.08. The van der Waals surface area contributed by atoms with Gasteiger partial charge >= 0.3 is 0 Å². The monoisotopic (exact) mass is 174 g/mol. The summed E-state index contributed by atoms with van der Waals surface area (Å²) in [5.41, 5.74) is 8.32. The van der Waals surface area contributed by atoms with Crippen LogP contribution in [0.4, 0.5) is 0 Å². The highest BCUT2D eigenvalue weighted by Crippen LogP contribution is 2.03. The Morgan fingerprint density at radius 1 is 1.54 bits per heavy atom. The van der Waals surface area contributed by atoms with Crippen LogP contribution >= 0.6 is 0 Å². The van der Waals surface area contributed by atoms with Crippen molar-refractivity contribution in [2.45, 2.75) is 6.92 Å². The molecule has 13 heavy (non-hydrogen) atoms. The zero-order valence-corrected chi connectivity index (χ0v) is 7.83. The van der Waals surface area contributed by atoms with Gasteiger partial charge in [0.1, 0.15) is 0 Å². The third-order valence-corrected chi connectivity index (χ3v) is 1.71. The first-order valence-electron chi connectivity index (χ1n) is 4.19. The van der Waals surface area contributed by atoms with E-state index in [0.717, 1.165) is 5.56 Å². The first-order valence-corrected chi connectivity index (χ1v) is 4.19. The van der Waals surface area contributed by atoms with E-state index in [-0.39, 0.29) is 0 Å². The lowest BCUT2D eigenvalue weighted by atomic mass is 10.1. The minimum Gasteiger partial charge on any atom is -0.401 e. The highest BCUT2D eigenvalue weighted by molar-refractivity contribution is 5.81. The first kappa shape index (κ1) is 9.52. The van der Waals surface area contributed by atoms with E-state index in [1.54, 1.807) is 0 Å². The van der Waals surface area contributed by atoms with Gasteiger partial charge in [-0.05, 0) is 18.1 Å². The Labute approximate surface area is 78.8 Å². The Morgan fingerprint density at radius 3 is 2.85 bits per heavy atom. The van der Waals surface area contributed by atoms with Crippen LogP contribution in [-0.2, 0) is 0 Å². The second kappa shape index (κ2) is 4.45. The molecule has 2 nitrogen and oxygen atoms in total. The molecule has 0 aliphatic rings. The van der Waals surface area contributed by atoms with Crippen LogP contribution in [0.25, 0.3) is 0 Å². The summed E-state index contributed by atoms with van der Waals surface area (Å²) in [4.78, 5) is 4.15. The van der Waals surface area contributed by atoms with Crippen molar-refractivity contribution in [3.63, 3.8) is 0 Å². The summed E-state index contributed by atoms with van der Waals surface area (Å²) in [5, 5.41) is 0. The van der Waals surface area contributed by atoms with E-state index in [1.165, 1.54) is 5.56 Å². The van der Waals surface area contributed by atoms with E-state index in [0.29, 0.717) is 12.2 Å². The Morgan fingerprint density at radius 2 is 2.23 bits per heavy atom. The molecule has 1 aromatic carbocycles. The number of aliphatic imine (C=N–C) groups is 1. The van der Waals surface area contributed by atoms with Crippen molar-refractivity contribution in [1.82, 2.24) is 0 Å². The van der Waals surface area contributed by atoms with Crippen molar-refractivity contribution in [3.8, 4) is 0 Å². The van der Waals surface area contributed by atoms with E-state index >= 15 is 0 Å². The lowest BCUT2D eigenvalue weighted by molar-refractivity contribution is 1.12. The quantitative estimate of drug-likeness (QED) is 0.698. The summed E-state index contributed by atoms with van der Waals surface area (Å²) in [6.45, 7) is 6.12. The van der Waals surface area contributed by atoms with Crippen LogP contribution in [0.1, 0.15) is 11.1 Å². The minimum absolute atomic E-state index is 0.494. The van der Waals surface area contributed by atoms with E-state index in [9.17, 15) is 0 Å². The fraction of sp³-hybridized carbons (Fsp3) is 0.182. The first-order chi connectivity index (χ1) is 6.20. The van der Waals surface area contributed by atoms with Crippen molar-refractivity contribution in [2.24, 2.45) is 10.7 Å². The molecule has 1 aromatic rings. The molecule has 0 aliphatic carbocycles. The molecule has 0 spiro atoms. The Hall–Kier alpha value is -1.57. The van der Waals surface area contributed by atoms with Crippen LogP contribution in [0.3, 0.4) is 0 Å². The van der Waals surface area contributed by atoms with Gasteiger partial charge in [-0.1, -0.05) is 30.8 Å². The number of nitrogens with two attached hydrogens (primary N) is 1. The molecule has 1 rings (SSSR count). The summed E-state index contributed by atoms with van der Waals surface area (Å²) in [5.74, 6) is 0. The van der Waals surface area contributed by atoms with Crippen LogP contribution in [-0.4, -0.2) is 12.8 Å². The van der Waals surface area contributed by atoms with Gasteiger partial charge in [-0.25, -0.2) is 0 Å². The summed E-state index contributed by atoms with van der Waals surface area (Å²) in [7, 11) is 0.